The molecule has 1 fully saturated rings. The number of nitrogens with one attached hydrogen (secondary N) is 1. The quantitative estimate of drug-likeness (QED) is 0.908. The Kier molecular flexibility index (Phi) is 4.62. The predicted molar refractivity (Wildman–Crippen MR) is 102 cm³/mol. The van der Waals surface area contributed by atoms with Gasteiger partial charge in [0.25, 0.3) is 5.91 Å². The second kappa shape index (κ2) is 7.23. The van der Waals surface area contributed by atoms with Crippen molar-refractivity contribution in [1.29, 1.82) is 0 Å². The number of amides is 3. The molecule has 0 spiro atoms. The molecule has 0 unspecified atom stereocenters. The monoisotopic (exact) mass is 365 g/mol. The molecule has 1 saturated heterocycles. The molecule has 2 heterocycles. The SMILES string of the molecule is O=C(c1cccc(N2CCNC2=O)c1)N1CC=C(c2ccc(F)cc2)CC1. The summed E-state index contributed by atoms with van der Waals surface area (Å²) in [5, 5.41) is 2.76. The maximum atomic E-state index is 13.1. The Morgan fingerprint density at radius 3 is 2.56 bits per heavy atom. The van der Waals surface area contributed by atoms with Gasteiger partial charge in [-0.25, -0.2) is 9.18 Å². The van der Waals surface area contributed by atoms with E-state index in [0.717, 1.165) is 23.2 Å². The highest BCUT2D eigenvalue weighted by atomic mass is 19.1. The Hall–Kier alpha value is -3.15. The molecule has 0 aliphatic carbocycles. The molecule has 0 aromatic heterocycles. The molecule has 1 N–H and O–H groups in total. The number of carbonyl (C=O) groups is 2. The lowest BCUT2D eigenvalue weighted by atomic mass is 9.99. The maximum absolute atomic E-state index is 13.1. The fourth-order valence-corrected chi connectivity index (χ4v) is 3.49. The van der Waals surface area contributed by atoms with Crippen LogP contribution < -0.4 is 10.2 Å². The molecule has 4 rings (SSSR count). The third-order valence-corrected chi connectivity index (χ3v) is 4.97. The number of hydrogen-bond acceptors (Lipinski definition) is 2. The van der Waals surface area contributed by atoms with Crippen LogP contribution in [-0.2, 0) is 0 Å². The number of benzene rings is 2. The summed E-state index contributed by atoms with van der Waals surface area (Å²) in [4.78, 5) is 28.1. The summed E-state index contributed by atoms with van der Waals surface area (Å²) in [6, 6.07) is 13.5. The van der Waals surface area contributed by atoms with Gasteiger partial charge < -0.3 is 10.2 Å². The van der Waals surface area contributed by atoms with E-state index in [-0.39, 0.29) is 17.8 Å². The van der Waals surface area contributed by atoms with Crippen LogP contribution in [-0.4, -0.2) is 43.0 Å². The summed E-state index contributed by atoms with van der Waals surface area (Å²) in [6.07, 6.45) is 2.75. The first kappa shape index (κ1) is 17.3. The van der Waals surface area contributed by atoms with Crippen molar-refractivity contribution >= 4 is 23.2 Å². The number of halogens is 1. The van der Waals surface area contributed by atoms with Gasteiger partial charge in [-0.05, 0) is 47.9 Å². The molecule has 0 saturated carbocycles. The molecule has 2 aromatic carbocycles. The van der Waals surface area contributed by atoms with Gasteiger partial charge >= 0.3 is 6.03 Å². The Bertz CT molecular complexity index is 908. The van der Waals surface area contributed by atoms with E-state index in [2.05, 4.69) is 5.32 Å². The Morgan fingerprint density at radius 2 is 1.89 bits per heavy atom. The smallest absolute Gasteiger partial charge is 0.321 e. The average molecular weight is 365 g/mol. The molecule has 2 aliphatic rings. The van der Waals surface area contributed by atoms with Gasteiger partial charge in [-0.2, -0.15) is 0 Å². The fourth-order valence-electron chi connectivity index (χ4n) is 3.49. The van der Waals surface area contributed by atoms with Crippen LogP contribution in [0.5, 0.6) is 0 Å². The first-order valence-electron chi connectivity index (χ1n) is 9.01. The van der Waals surface area contributed by atoms with Gasteiger partial charge in [0.1, 0.15) is 5.82 Å². The third-order valence-electron chi connectivity index (χ3n) is 4.97. The van der Waals surface area contributed by atoms with Gasteiger partial charge in [-0.15, -0.1) is 0 Å². The normalized spacial score (nSPS) is 16.9. The van der Waals surface area contributed by atoms with E-state index in [1.807, 2.05) is 12.1 Å². The number of nitrogens with zero attached hydrogens (tertiary/aromatic N) is 2. The highest BCUT2D eigenvalue weighted by Crippen LogP contribution is 2.24. The van der Waals surface area contributed by atoms with E-state index in [0.29, 0.717) is 31.7 Å². The average Bonchev–Trinajstić information content (AvgIpc) is 3.14. The van der Waals surface area contributed by atoms with Crippen molar-refractivity contribution in [3.8, 4) is 0 Å². The zero-order chi connectivity index (χ0) is 18.8. The van der Waals surface area contributed by atoms with E-state index < -0.39 is 0 Å². The number of anilines is 1. The zero-order valence-corrected chi connectivity index (χ0v) is 14.8. The largest absolute Gasteiger partial charge is 0.336 e. The first-order valence-corrected chi connectivity index (χ1v) is 9.01. The molecular formula is C21H20FN3O2. The number of rotatable bonds is 3. The van der Waals surface area contributed by atoms with Gasteiger partial charge in [-0.1, -0.05) is 24.3 Å². The molecule has 2 aromatic rings. The minimum atomic E-state index is -0.251. The second-order valence-electron chi connectivity index (χ2n) is 6.67. The molecule has 0 bridgehead atoms. The number of carbonyl (C=O) groups excluding carboxylic acids is 2. The molecule has 0 atom stereocenters. The van der Waals surface area contributed by atoms with E-state index in [1.54, 1.807) is 40.1 Å². The van der Waals surface area contributed by atoms with Crippen LogP contribution in [0, 0.1) is 5.82 Å². The van der Waals surface area contributed by atoms with Crippen LogP contribution in [0.1, 0.15) is 22.3 Å². The van der Waals surface area contributed by atoms with Crippen LogP contribution in [0.4, 0.5) is 14.9 Å². The Morgan fingerprint density at radius 1 is 1.07 bits per heavy atom. The molecule has 6 heteroatoms. The summed E-state index contributed by atoms with van der Waals surface area (Å²) < 4.78 is 13.1. The van der Waals surface area contributed by atoms with Gasteiger partial charge in [0.2, 0.25) is 0 Å². The van der Waals surface area contributed by atoms with E-state index in [1.165, 1.54) is 12.1 Å². The molecule has 5 nitrogen and oxygen atoms in total. The molecule has 2 aliphatic heterocycles. The van der Waals surface area contributed by atoms with Crippen LogP contribution in [0.25, 0.3) is 5.57 Å². The first-order chi connectivity index (χ1) is 13.1. The Labute approximate surface area is 157 Å². The summed E-state index contributed by atoms with van der Waals surface area (Å²) in [5.41, 5.74) is 3.42. The number of hydrogen-bond donors (Lipinski definition) is 1. The fraction of sp³-hybridized carbons (Fsp3) is 0.238. The summed E-state index contributed by atoms with van der Waals surface area (Å²) in [7, 11) is 0. The van der Waals surface area contributed by atoms with E-state index in [9.17, 15) is 14.0 Å². The zero-order valence-electron chi connectivity index (χ0n) is 14.8. The van der Waals surface area contributed by atoms with E-state index >= 15 is 0 Å². The van der Waals surface area contributed by atoms with Crippen molar-refractivity contribution in [3.05, 3.63) is 71.6 Å². The summed E-state index contributed by atoms with van der Waals surface area (Å²) in [6.45, 7) is 2.33. The lowest BCUT2D eigenvalue weighted by Gasteiger charge is -2.27. The van der Waals surface area contributed by atoms with Crippen LogP contribution in [0.2, 0.25) is 0 Å². The maximum Gasteiger partial charge on any atom is 0.321 e. The second-order valence-corrected chi connectivity index (χ2v) is 6.67. The minimum absolute atomic E-state index is 0.0501. The van der Waals surface area contributed by atoms with Crippen molar-refractivity contribution in [2.45, 2.75) is 6.42 Å². The van der Waals surface area contributed by atoms with Crippen molar-refractivity contribution in [2.24, 2.45) is 0 Å². The topological polar surface area (TPSA) is 52.7 Å². The van der Waals surface area contributed by atoms with Crippen LogP contribution in [0.3, 0.4) is 0 Å². The van der Waals surface area contributed by atoms with Crippen molar-refractivity contribution in [3.63, 3.8) is 0 Å². The lowest BCUT2D eigenvalue weighted by molar-refractivity contribution is 0.0773. The van der Waals surface area contributed by atoms with Gasteiger partial charge in [-0.3, -0.25) is 9.69 Å². The van der Waals surface area contributed by atoms with Crippen molar-refractivity contribution < 1.29 is 14.0 Å². The third kappa shape index (κ3) is 3.56. The standard InChI is InChI=1S/C21H20FN3O2/c22-18-6-4-15(5-7-18)16-8-11-24(12-9-16)20(26)17-2-1-3-19(14-17)25-13-10-23-21(25)27/h1-8,14H,9-13H2,(H,23,27). The van der Waals surface area contributed by atoms with Crippen LogP contribution >= 0.6 is 0 Å². The molecule has 3 amide bonds. The van der Waals surface area contributed by atoms with Crippen LogP contribution in [0.15, 0.2) is 54.6 Å². The van der Waals surface area contributed by atoms with E-state index in [4.69, 9.17) is 0 Å². The molecular weight excluding hydrogens is 345 g/mol. The highest BCUT2D eigenvalue weighted by molar-refractivity contribution is 5.98. The van der Waals surface area contributed by atoms with Gasteiger partial charge in [0, 0.05) is 37.4 Å². The molecule has 27 heavy (non-hydrogen) atoms. The Balaban J connectivity index is 1.48. The highest BCUT2D eigenvalue weighted by Gasteiger charge is 2.23. The van der Waals surface area contributed by atoms with Gasteiger partial charge in [0.05, 0.1) is 0 Å². The lowest BCUT2D eigenvalue weighted by Crippen LogP contribution is -2.35. The molecule has 138 valence electrons. The summed E-state index contributed by atoms with van der Waals surface area (Å²) in [5.74, 6) is -0.301. The van der Waals surface area contributed by atoms with Crippen molar-refractivity contribution in [1.82, 2.24) is 10.2 Å². The number of urea groups is 1. The van der Waals surface area contributed by atoms with Crippen molar-refractivity contribution in [2.75, 3.05) is 31.1 Å². The van der Waals surface area contributed by atoms with Gasteiger partial charge in [0.15, 0.2) is 0 Å². The predicted octanol–water partition coefficient (Wildman–Crippen LogP) is 3.28. The molecule has 0 radical (unpaired) electrons. The summed E-state index contributed by atoms with van der Waals surface area (Å²) >= 11 is 0. The minimum Gasteiger partial charge on any atom is -0.336 e.